The van der Waals surface area contributed by atoms with E-state index in [1.165, 1.54) is 4.90 Å². The Kier molecular flexibility index (Phi) is 6.04. The highest BCUT2D eigenvalue weighted by atomic mass is 16.5. The minimum absolute atomic E-state index is 0.0343. The van der Waals surface area contributed by atoms with Gasteiger partial charge in [-0.05, 0) is 23.8 Å². The van der Waals surface area contributed by atoms with Crippen LogP contribution in [-0.2, 0) is 4.74 Å². The average molecular weight is 341 g/mol. The van der Waals surface area contributed by atoms with Crippen LogP contribution in [0.4, 0.5) is 0 Å². The molecule has 1 fully saturated rings. The Bertz CT molecular complexity index is 684. The molecule has 25 heavy (non-hydrogen) atoms. The first-order valence-corrected chi connectivity index (χ1v) is 8.67. The van der Waals surface area contributed by atoms with Crippen molar-refractivity contribution >= 4 is 5.91 Å². The van der Waals surface area contributed by atoms with Gasteiger partial charge in [0.1, 0.15) is 31.4 Å². The van der Waals surface area contributed by atoms with Crippen molar-refractivity contribution in [2.45, 2.75) is 6.04 Å². The van der Waals surface area contributed by atoms with Gasteiger partial charge in [-0.25, -0.2) is 0 Å². The van der Waals surface area contributed by atoms with Gasteiger partial charge in [0.15, 0.2) is 0 Å². The zero-order valence-electron chi connectivity index (χ0n) is 14.5. The highest BCUT2D eigenvalue weighted by Crippen LogP contribution is 2.15. The first-order valence-electron chi connectivity index (χ1n) is 8.67. The Labute approximate surface area is 148 Å². The molecule has 1 atom stereocenters. The van der Waals surface area contributed by atoms with Crippen LogP contribution >= 0.6 is 0 Å². The molecule has 0 radical (unpaired) electrons. The number of carbonyl (C=O) groups excluding carboxylic acids is 1. The van der Waals surface area contributed by atoms with Crippen LogP contribution in [0.3, 0.4) is 0 Å². The lowest BCUT2D eigenvalue weighted by Crippen LogP contribution is -3.14. The van der Waals surface area contributed by atoms with Crippen molar-refractivity contribution in [2.24, 2.45) is 0 Å². The van der Waals surface area contributed by atoms with E-state index in [1.807, 2.05) is 36.4 Å². The molecule has 0 spiro atoms. The maximum absolute atomic E-state index is 12.7. The van der Waals surface area contributed by atoms with E-state index in [0.717, 1.165) is 38.4 Å². The molecule has 1 saturated heterocycles. The van der Waals surface area contributed by atoms with Gasteiger partial charge in [-0.1, -0.05) is 36.4 Å². The number of carbonyl (C=O) groups is 1. The van der Waals surface area contributed by atoms with Crippen molar-refractivity contribution in [2.75, 3.05) is 40.0 Å². The second-order valence-corrected chi connectivity index (χ2v) is 6.24. The quantitative estimate of drug-likeness (QED) is 0.827. The van der Waals surface area contributed by atoms with Gasteiger partial charge in [0, 0.05) is 5.56 Å². The van der Waals surface area contributed by atoms with Crippen LogP contribution in [0.25, 0.3) is 0 Å². The topological polar surface area (TPSA) is 52.0 Å². The number of ether oxygens (including phenoxy) is 2. The largest absolute Gasteiger partial charge is 0.497 e. The highest BCUT2D eigenvalue weighted by molar-refractivity contribution is 5.94. The molecular formula is C20H25N2O3+. The summed E-state index contributed by atoms with van der Waals surface area (Å²) in [6.07, 6.45) is 0. The van der Waals surface area contributed by atoms with E-state index in [9.17, 15) is 4.79 Å². The minimum atomic E-state index is -0.0830. The van der Waals surface area contributed by atoms with Crippen molar-refractivity contribution in [1.29, 1.82) is 0 Å². The Balaban J connectivity index is 1.75. The fraction of sp³-hybridized carbons (Fsp3) is 0.350. The molecule has 0 unspecified atom stereocenters. The lowest BCUT2D eigenvalue weighted by molar-refractivity contribution is -0.909. The van der Waals surface area contributed by atoms with Crippen molar-refractivity contribution in [3.63, 3.8) is 0 Å². The van der Waals surface area contributed by atoms with Gasteiger partial charge in [0.2, 0.25) is 0 Å². The fourth-order valence-electron chi connectivity index (χ4n) is 3.10. The first kappa shape index (κ1) is 17.5. The number of nitrogens with one attached hydrogen (secondary N) is 2. The van der Waals surface area contributed by atoms with Gasteiger partial charge in [-0.2, -0.15) is 0 Å². The summed E-state index contributed by atoms with van der Waals surface area (Å²) in [5, 5.41) is 3.19. The molecule has 2 aromatic rings. The van der Waals surface area contributed by atoms with Gasteiger partial charge < -0.3 is 19.7 Å². The SMILES string of the molecule is COc1cccc(C(=O)N[C@@H](C[NH+]2CCOCC2)c2ccccc2)c1. The molecule has 1 amide bonds. The Morgan fingerprint density at radius 1 is 1.16 bits per heavy atom. The minimum Gasteiger partial charge on any atom is -0.497 e. The van der Waals surface area contributed by atoms with Gasteiger partial charge in [-0.15, -0.1) is 0 Å². The van der Waals surface area contributed by atoms with Crippen LogP contribution in [0.1, 0.15) is 22.0 Å². The summed E-state index contributed by atoms with van der Waals surface area (Å²) >= 11 is 0. The monoisotopic (exact) mass is 341 g/mol. The summed E-state index contributed by atoms with van der Waals surface area (Å²) in [4.78, 5) is 14.2. The van der Waals surface area contributed by atoms with Crippen molar-refractivity contribution in [3.05, 3.63) is 65.7 Å². The van der Waals surface area contributed by atoms with Crippen LogP contribution in [-0.4, -0.2) is 45.9 Å². The van der Waals surface area contributed by atoms with Crippen molar-refractivity contribution in [1.82, 2.24) is 5.32 Å². The molecule has 1 aliphatic rings. The molecular weight excluding hydrogens is 316 g/mol. The van der Waals surface area contributed by atoms with Crippen molar-refractivity contribution in [3.8, 4) is 5.75 Å². The molecule has 2 N–H and O–H groups in total. The van der Waals surface area contributed by atoms with E-state index >= 15 is 0 Å². The van der Waals surface area contributed by atoms with E-state index in [4.69, 9.17) is 9.47 Å². The van der Waals surface area contributed by atoms with Crippen LogP contribution in [0.15, 0.2) is 54.6 Å². The van der Waals surface area contributed by atoms with Crippen molar-refractivity contribution < 1.29 is 19.2 Å². The highest BCUT2D eigenvalue weighted by Gasteiger charge is 2.23. The molecule has 5 heteroatoms. The van der Waals surface area contributed by atoms with Crippen LogP contribution < -0.4 is 15.0 Å². The smallest absolute Gasteiger partial charge is 0.252 e. The second kappa shape index (κ2) is 8.65. The standard InChI is InChI=1S/C20H24N2O3/c1-24-18-9-5-8-17(14-18)20(23)21-19(16-6-3-2-4-7-16)15-22-10-12-25-13-11-22/h2-9,14,19H,10-13,15H2,1H3,(H,21,23)/p+1/t19-/m0/s1. The van der Waals surface area contributed by atoms with Crippen LogP contribution in [0.5, 0.6) is 5.75 Å². The molecule has 3 rings (SSSR count). The van der Waals surface area contributed by atoms with Gasteiger partial charge in [0.05, 0.1) is 20.3 Å². The number of rotatable bonds is 6. The molecule has 0 saturated carbocycles. The average Bonchev–Trinajstić information content (AvgIpc) is 2.69. The van der Waals surface area contributed by atoms with Crippen LogP contribution in [0.2, 0.25) is 0 Å². The number of benzene rings is 2. The number of methoxy groups -OCH3 is 1. The normalized spacial score (nSPS) is 16.2. The summed E-state index contributed by atoms with van der Waals surface area (Å²) in [5.74, 6) is 0.600. The summed E-state index contributed by atoms with van der Waals surface area (Å²) in [6.45, 7) is 4.35. The number of amides is 1. The van der Waals surface area contributed by atoms with E-state index < -0.39 is 0 Å². The summed E-state index contributed by atoms with van der Waals surface area (Å²) in [6, 6.07) is 17.3. The van der Waals surface area contributed by atoms with Gasteiger partial charge in [-0.3, -0.25) is 4.79 Å². The third kappa shape index (κ3) is 4.81. The molecule has 1 aliphatic heterocycles. The fourth-order valence-corrected chi connectivity index (χ4v) is 3.10. The summed E-state index contributed by atoms with van der Waals surface area (Å²) in [7, 11) is 1.60. The lowest BCUT2D eigenvalue weighted by atomic mass is 10.1. The number of hydrogen-bond donors (Lipinski definition) is 2. The molecule has 0 aliphatic carbocycles. The number of morpholine rings is 1. The maximum atomic E-state index is 12.7. The third-order valence-corrected chi connectivity index (χ3v) is 4.53. The maximum Gasteiger partial charge on any atom is 0.252 e. The zero-order chi connectivity index (χ0) is 17.5. The van der Waals surface area contributed by atoms with Gasteiger partial charge >= 0.3 is 0 Å². The Morgan fingerprint density at radius 3 is 2.64 bits per heavy atom. The zero-order valence-corrected chi connectivity index (χ0v) is 14.5. The molecule has 5 nitrogen and oxygen atoms in total. The number of hydrogen-bond acceptors (Lipinski definition) is 3. The van der Waals surface area contributed by atoms with E-state index in [1.54, 1.807) is 13.2 Å². The number of quaternary nitrogens is 1. The third-order valence-electron chi connectivity index (χ3n) is 4.53. The molecule has 0 bridgehead atoms. The van der Waals surface area contributed by atoms with E-state index in [0.29, 0.717) is 11.3 Å². The van der Waals surface area contributed by atoms with E-state index in [-0.39, 0.29) is 11.9 Å². The Morgan fingerprint density at radius 2 is 1.92 bits per heavy atom. The molecule has 132 valence electrons. The first-order chi connectivity index (χ1) is 12.3. The predicted octanol–water partition coefficient (Wildman–Crippen LogP) is 1.08. The summed E-state index contributed by atoms with van der Waals surface area (Å²) < 4.78 is 10.7. The summed E-state index contributed by atoms with van der Waals surface area (Å²) in [5.41, 5.74) is 1.73. The van der Waals surface area contributed by atoms with Crippen LogP contribution in [0, 0.1) is 0 Å². The molecule has 1 heterocycles. The van der Waals surface area contributed by atoms with E-state index in [2.05, 4.69) is 17.4 Å². The lowest BCUT2D eigenvalue weighted by Gasteiger charge is -2.28. The second-order valence-electron chi connectivity index (χ2n) is 6.24. The molecule has 2 aromatic carbocycles. The molecule has 0 aromatic heterocycles. The Hall–Kier alpha value is -2.37. The van der Waals surface area contributed by atoms with Gasteiger partial charge in [0.25, 0.3) is 5.91 Å². The predicted molar refractivity (Wildman–Crippen MR) is 96.0 cm³/mol.